The van der Waals surface area contributed by atoms with Gasteiger partial charge < -0.3 is 5.32 Å². The second kappa shape index (κ2) is 6.17. The van der Waals surface area contributed by atoms with E-state index in [0.717, 1.165) is 17.7 Å². The Labute approximate surface area is 126 Å². The number of benzene rings is 1. The number of rotatable bonds is 3. The lowest BCUT2D eigenvalue weighted by molar-refractivity contribution is -0.137. The predicted octanol–water partition coefficient (Wildman–Crippen LogP) is 3.71. The summed E-state index contributed by atoms with van der Waals surface area (Å²) in [5, 5.41) is 2.62. The van der Waals surface area contributed by atoms with E-state index >= 15 is 0 Å². The first-order valence-corrected chi connectivity index (χ1v) is 6.65. The number of nitrogens with zero attached hydrogens (tertiary/aromatic N) is 1. The molecule has 0 aliphatic heterocycles. The lowest BCUT2D eigenvalue weighted by Gasteiger charge is -2.10. The Kier molecular flexibility index (Phi) is 4.49. The number of alkyl halides is 3. The minimum Gasteiger partial charge on any atom is -0.351 e. The van der Waals surface area contributed by atoms with Gasteiger partial charge in [-0.15, -0.1) is 0 Å². The molecule has 6 heteroatoms. The number of amides is 1. The summed E-state index contributed by atoms with van der Waals surface area (Å²) in [5.41, 5.74) is 1.59. The number of nitrogens with one attached hydrogen (secondary N) is 1. The molecule has 0 fully saturated rings. The van der Waals surface area contributed by atoms with Gasteiger partial charge in [-0.25, -0.2) is 0 Å². The molecule has 0 atom stereocenters. The molecule has 1 amide bonds. The van der Waals surface area contributed by atoms with E-state index in [9.17, 15) is 18.0 Å². The van der Waals surface area contributed by atoms with Crippen molar-refractivity contribution >= 4 is 5.91 Å². The lowest BCUT2D eigenvalue weighted by Crippen LogP contribution is -2.19. The molecule has 0 aliphatic carbocycles. The van der Waals surface area contributed by atoms with Crippen LogP contribution in [-0.2, 0) is 17.5 Å². The standard InChI is InChI=1S/C16H15F3N2O/c1-10-6-14(9-20-11(2)22)21-15(7-10)12-4-3-5-13(8-12)16(17,18)19/h3-8H,9H2,1-2H3,(H,20,22). The molecule has 1 aromatic heterocycles. The van der Waals surface area contributed by atoms with E-state index in [2.05, 4.69) is 10.3 Å². The van der Waals surface area contributed by atoms with Gasteiger partial charge in [-0.1, -0.05) is 12.1 Å². The Balaban J connectivity index is 2.38. The molecule has 0 unspecified atom stereocenters. The number of carbonyl (C=O) groups excluding carboxylic acids is 1. The molecule has 22 heavy (non-hydrogen) atoms. The van der Waals surface area contributed by atoms with Crippen LogP contribution < -0.4 is 5.32 Å². The minimum atomic E-state index is -4.39. The Morgan fingerprint density at radius 1 is 1.23 bits per heavy atom. The van der Waals surface area contributed by atoms with Crippen molar-refractivity contribution in [3.05, 3.63) is 53.2 Å². The first-order chi connectivity index (χ1) is 10.3. The molecule has 0 radical (unpaired) electrons. The maximum Gasteiger partial charge on any atom is 0.416 e. The lowest BCUT2D eigenvalue weighted by atomic mass is 10.1. The van der Waals surface area contributed by atoms with Gasteiger partial charge in [0.1, 0.15) is 0 Å². The van der Waals surface area contributed by atoms with Gasteiger partial charge in [0.15, 0.2) is 0 Å². The van der Waals surface area contributed by atoms with Crippen LogP contribution in [0.15, 0.2) is 36.4 Å². The Hall–Kier alpha value is -2.37. The molecule has 1 aromatic carbocycles. The summed E-state index contributed by atoms with van der Waals surface area (Å²) in [6.45, 7) is 3.46. The summed E-state index contributed by atoms with van der Waals surface area (Å²) >= 11 is 0. The molecule has 0 saturated carbocycles. The normalized spacial score (nSPS) is 11.3. The first kappa shape index (κ1) is 16.0. The van der Waals surface area contributed by atoms with Crippen molar-refractivity contribution in [1.29, 1.82) is 0 Å². The highest BCUT2D eigenvalue weighted by Crippen LogP contribution is 2.31. The van der Waals surface area contributed by atoms with Crippen molar-refractivity contribution < 1.29 is 18.0 Å². The van der Waals surface area contributed by atoms with E-state index in [4.69, 9.17) is 0 Å². The number of hydrogen-bond acceptors (Lipinski definition) is 2. The Bertz CT molecular complexity index is 696. The third-order valence-corrected chi connectivity index (χ3v) is 3.03. The van der Waals surface area contributed by atoms with Gasteiger partial charge in [-0.2, -0.15) is 13.2 Å². The molecular formula is C16H15F3N2O. The molecule has 1 N–H and O–H groups in total. The largest absolute Gasteiger partial charge is 0.416 e. The monoisotopic (exact) mass is 308 g/mol. The molecule has 0 bridgehead atoms. The van der Waals surface area contributed by atoms with E-state index < -0.39 is 11.7 Å². The van der Waals surface area contributed by atoms with Gasteiger partial charge in [-0.3, -0.25) is 9.78 Å². The quantitative estimate of drug-likeness (QED) is 0.939. The van der Waals surface area contributed by atoms with Crippen molar-refractivity contribution in [2.45, 2.75) is 26.6 Å². The zero-order valence-corrected chi connectivity index (χ0v) is 12.2. The third-order valence-electron chi connectivity index (χ3n) is 3.03. The number of carbonyl (C=O) groups is 1. The molecular weight excluding hydrogens is 293 g/mol. The van der Waals surface area contributed by atoms with E-state index in [-0.39, 0.29) is 12.5 Å². The molecule has 0 spiro atoms. The first-order valence-electron chi connectivity index (χ1n) is 6.65. The van der Waals surface area contributed by atoms with Crippen LogP contribution in [0, 0.1) is 6.92 Å². The van der Waals surface area contributed by atoms with Crippen molar-refractivity contribution in [3.8, 4) is 11.3 Å². The molecule has 2 aromatic rings. The summed E-state index contributed by atoms with van der Waals surface area (Å²) in [5.74, 6) is -0.191. The van der Waals surface area contributed by atoms with Gasteiger partial charge in [0.05, 0.1) is 23.5 Å². The summed E-state index contributed by atoms with van der Waals surface area (Å²) in [6.07, 6.45) is -4.39. The van der Waals surface area contributed by atoms with E-state index in [1.807, 2.05) is 6.92 Å². The van der Waals surface area contributed by atoms with Crippen molar-refractivity contribution in [3.63, 3.8) is 0 Å². The van der Waals surface area contributed by atoms with Gasteiger partial charge in [-0.05, 0) is 36.8 Å². The maximum atomic E-state index is 12.8. The molecule has 1 heterocycles. The minimum absolute atomic E-state index is 0.191. The average molecular weight is 308 g/mol. The maximum absolute atomic E-state index is 12.8. The highest BCUT2D eigenvalue weighted by Gasteiger charge is 2.30. The molecule has 2 rings (SSSR count). The topological polar surface area (TPSA) is 42.0 Å². The smallest absolute Gasteiger partial charge is 0.351 e. The van der Waals surface area contributed by atoms with Gasteiger partial charge >= 0.3 is 6.18 Å². The zero-order valence-electron chi connectivity index (χ0n) is 12.2. The van der Waals surface area contributed by atoms with Crippen LogP contribution in [0.2, 0.25) is 0 Å². The second-order valence-corrected chi connectivity index (χ2v) is 5.01. The van der Waals surface area contributed by atoms with Crippen LogP contribution in [0.1, 0.15) is 23.7 Å². The van der Waals surface area contributed by atoms with Crippen LogP contribution >= 0.6 is 0 Å². The number of aromatic nitrogens is 1. The van der Waals surface area contributed by atoms with E-state index in [0.29, 0.717) is 17.0 Å². The van der Waals surface area contributed by atoms with Crippen LogP contribution in [0.5, 0.6) is 0 Å². The van der Waals surface area contributed by atoms with Crippen LogP contribution in [-0.4, -0.2) is 10.9 Å². The van der Waals surface area contributed by atoms with Crippen LogP contribution in [0.25, 0.3) is 11.3 Å². The molecule has 0 saturated heterocycles. The fourth-order valence-corrected chi connectivity index (χ4v) is 2.05. The van der Waals surface area contributed by atoms with E-state index in [1.54, 1.807) is 18.2 Å². The van der Waals surface area contributed by atoms with Gasteiger partial charge in [0, 0.05) is 12.5 Å². The molecule has 116 valence electrons. The number of pyridine rings is 1. The van der Waals surface area contributed by atoms with Crippen molar-refractivity contribution in [1.82, 2.24) is 10.3 Å². The SMILES string of the molecule is CC(=O)NCc1cc(C)cc(-c2cccc(C(F)(F)F)c2)n1. The third kappa shape index (κ3) is 4.07. The van der Waals surface area contributed by atoms with Crippen LogP contribution in [0.3, 0.4) is 0 Å². The molecule has 0 aliphatic rings. The van der Waals surface area contributed by atoms with Crippen molar-refractivity contribution in [2.75, 3.05) is 0 Å². The summed E-state index contributed by atoms with van der Waals surface area (Å²) < 4.78 is 38.4. The highest BCUT2D eigenvalue weighted by atomic mass is 19.4. The fourth-order valence-electron chi connectivity index (χ4n) is 2.05. The number of halogens is 3. The zero-order chi connectivity index (χ0) is 16.3. The summed E-state index contributed by atoms with van der Waals surface area (Å²) in [6, 6.07) is 8.54. The average Bonchev–Trinajstić information content (AvgIpc) is 2.44. The summed E-state index contributed by atoms with van der Waals surface area (Å²) in [4.78, 5) is 15.3. The number of aryl methyl sites for hydroxylation is 1. The fraction of sp³-hybridized carbons (Fsp3) is 0.250. The highest BCUT2D eigenvalue weighted by molar-refractivity contribution is 5.72. The van der Waals surface area contributed by atoms with Crippen LogP contribution in [0.4, 0.5) is 13.2 Å². The predicted molar refractivity (Wildman–Crippen MR) is 76.9 cm³/mol. The summed E-state index contributed by atoms with van der Waals surface area (Å²) in [7, 11) is 0. The van der Waals surface area contributed by atoms with Crippen molar-refractivity contribution in [2.24, 2.45) is 0 Å². The second-order valence-electron chi connectivity index (χ2n) is 5.01. The van der Waals surface area contributed by atoms with Gasteiger partial charge in [0.2, 0.25) is 5.91 Å². The Morgan fingerprint density at radius 2 is 1.95 bits per heavy atom. The molecule has 3 nitrogen and oxygen atoms in total. The van der Waals surface area contributed by atoms with E-state index in [1.165, 1.54) is 13.0 Å². The Morgan fingerprint density at radius 3 is 2.59 bits per heavy atom. The number of hydrogen-bond donors (Lipinski definition) is 1. The van der Waals surface area contributed by atoms with Gasteiger partial charge in [0.25, 0.3) is 0 Å².